The van der Waals surface area contributed by atoms with Crippen LogP contribution in [-0.4, -0.2) is 21.8 Å². The second-order valence-corrected chi connectivity index (χ2v) is 11.2. The van der Waals surface area contributed by atoms with E-state index in [9.17, 15) is 9.59 Å². The highest BCUT2D eigenvalue weighted by atomic mass is 127. The Kier molecular flexibility index (Phi) is 4.58. The van der Waals surface area contributed by atoms with Crippen molar-refractivity contribution in [1.29, 1.82) is 0 Å². The molecule has 5 aliphatic carbocycles. The molecule has 6 atom stereocenters. The Morgan fingerprint density at radius 1 is 1.18 bits per heavy atom. The number of carbonyl (C=O) groups is 2. The lowest BCUT2D eigenvalue weighted by Crippen LogP contribution is -2.56. The first-order valence-electron chi connectivity index (χ1n) is 11.4. The van der Waals surface area contributed by atoms with Gasteiger partial charge in [-0.1, -0.05) is 35.1 Å². The predicted molar refractivity (Wildman–Crippen MR) is 117 cm³/mol. The SMILES string of the molecule is CCC12CCC3C4CCC(=O)C=C4CCC3C1CC1(CC1)C2(C)OC(=O)CI. The minimum atomic E-state index is -0.286. The number of allylic oxidation sites excluding steroid dienone is 1. The third-order valence-electron chi connectivity index (χ3n) is 9.99. The minimum Gasteiger partial charge on any atom is -0.458 e. The van der Waals surface area contributed by atoms with Crippen LogP contribution in [0.4, 0.5) is 0 Å². The van der Waals surface area contributed by atoms with Crippen LogP contribution in [0.15, 0.2) is 11.6 Å². The van der Waals surface area contributed by atoms with E-state index in [1.807, 2.05) is 6.08 Å². The molecule has 0 saturated heterocycles. The average Bonchev–Trinajstić information content (AvgIpc) is 3.44. The van der Waals surface area contributed by atoms with Crippen molar-refractivity contribution in [2.45, 2.75) is 83.7 Å². The second-order valence-electron chi connectivity index (χ2n) is 10.5. The summed E-state index contributed by atoms with van der Waals surface area (Å²) in [4.78, 5) is 24.4. The quantitative estimate of drug-likeness (QED) is 0.288. The summed E-state index contributed by atoms with van der Waals surface area (Å²) in [5.74, 6) is 3.15. The van der Waals surface area contributed by atoms with Gasteiger partial charge in [0, 0.05) is 17.3 Å². The summed E-state index contributed by atoms with van der Waals surface area (Å²) in [6.45, 7) is 4.65. The van der Waals surface area contributed by atoms with Crippen molar-refractivity contribution in [2.24, 2.45) is 34.5 Å². The fourth-order valence-electron chi connectivity index (χ4n) is 8.55. The Bertz CT molecular complexity index is 738. The zero-order valence-electron chi connectivity index (χ0n) is 17.3. The molecule has 0 aromatic rings. The van der Waals surface area contributed by atoms with Gasteiger partial charge in [-0.25, -0.2) is 0 Å². The highest BCUT2D eigenvalue weighted by molar-refractivity contribution is 14.1. The van der Waals surface area contributed by atoms with Crippen LogP contribution in [-0.2, 0) is 14.3 Å². The normalized spacial score (nSPS) is 45.7. The van der Waals surface area contributed by atoms with Gasteiger partial charge in [-0.3, -0.25) is 9.59 Å². The van der Waals surface area contributed by atoms with Crippen molar-refractivity contribution in [3.63, 3.8) is 0 Å². The van der Waals surface area contributed by atoms with Crippen LogP contribution in [0.3, 0.4) is 0 Å². The van der Waals surface area contributed by atoms with Gasteiger partial charge in [0.15, 0.2) is 5.78 Å². The van der Waals surface area contributed by atoms with Crippen LogP contribution in [0, 0.1) is 34.5 Å². The Hall–Kier alpha value is -0.390. The molecule has 1 spiro atoms. The van der Waals surface area contributed by atoms with Gasteiger partial charge in [0.2, 0.25) is 0 Å². The van der Waals surface area contributed by atoms with Crippen LogP contribution in [0.1, 0.15) is 78.1 Å². The molecule has 0 bridgehead atoms. The third-order valence-corrected chi connectivity index (χ3v) is 10.6. The number of alkyl halides is 1. The summed E-state index contributed by atoms with van der Waals surface area (Å²) in [7, 11) is 0. The van der Waals surface area contributed by atoms with Crippen LogP contribution >= 0.6 is 22.6 Å². The molecule has 5 aliphatic rings. The number of ketones is 1. The fourth-order valence-corrected chi connectivity index (χ4v) is 8.71. The van der Waals surface area contributed by atoms with E-state index in [4.69, 9.17) is 4.74 Å². The summed E-state index contributed by atoms with van der Waals surface area (Å²) >= 11 is 2.15. The molecule has 0 amide bonds. The molecular formula is C24H33IO3. The number of hydrogen-bond acceptors (Lipinski definition) is 3. The van der Waals surface area contributed by atoms with E-state index in [0.29, 0.717) is 22.0 Å². The molecule has 154 valence electrons. The first-order chi connectivity index (χ1) is 13.4. The number of carbonyl (C=O) groups excluding carboxylic acids is 2. The number of rotatable bonds is 3. The molecule has 0 radical (unpaired) electrons. The van der Waals surface area contributed by atoms with Crippen molar-refractivity contribution in [3.8, 4) is 0 Å². The summed E-state index contributed by atoms with van der Waals surface area (Å²) in [6, 6.07) is 0. The van der Waals surface area contributed by atoms with Crippen LogP contribution in [0.25, 0.3) is 0 Å². The second kappa shape index (κ2) is 6.55. The Morgan fingerprint density at radius 2 is 1.96 bits per heavy atom. The predicted octanol–water partition coefficient (Wildman–Crippen LogP) is 5.65. The van der Waals surface area contributed by atoms with Crippen molar-refractivity contribution in [2.75, 3.05) is 4.43 Å². The molecule has 4 saturated carbocycles. The van der Waals surface area contributed by atoms with Gasteiger partial charge in [0.1, 0.15) is 5.60 Å². The fraction of sp³-hybridized carbons (Fsp3) is 0.833. The van der Waals surface area contributed by atoms with Crippen molar-refractivity contribution in [1.82, 2.24) is 0 Å². The van der Waals surface area contributed by atoms with Gasteiger partial charge in [0.25, 0.3) is 0 Å². The van der Waals surface area contributed by atoms with Crippen LogP contribution < -0.4 is 0 Å². The Labute approximate surface area is 182 Å². The van der Waals surface area contributed by atoms with Gasteiger partial charge in [-0.15, -0.1) is 0 Å². The molecule has 5 rings (SSSR count). The lowest BCUT2D eigenvalue weighted by molar-refractivity contribution is -0.189. The van der Waals surface area contributed by atoms with E-state index in [1.165, 1.54) is 44.1 Å². The number of fused-ring (bicyclic) bond motifs is 5. The molecule has 4 fully saturated rings. The van der Waals surface area contributed by atoms with E-state index in [0.717, 1.165) is 37.5 Å². The van der Waals surface area contributed by atoms with Gasteiger partial charge in [0.05, 0.1) is 4.43 Å². The molecule has 0 aromatic heterocycles. The minimum absolute atomic E-state index is 0.0235. The number of ether oxygens (including phenoxy) is 1. The molecule has 3 nitrogen and oxygen atoms in total. The van der Waals surface area contributed by atoms with E-state index in [2.05, 4.69) is 36.4 Å². The van der Waals surface area contributed by atoms with Crippen molar-refractivity contribution >= 4 is 34.3 Å². The number of halogens is 1. The highest BCUT2D eigenvalue weighted by Gasteiger charge is 2.76. The van der Waals surface area contributed by atoms with Gasteiger partial charge >= 0.3 is 5.97 Å². The maximum atomic E-state index is 12.5. The van der Waals surface area contributed by atoms with Crippen molar-refractivity contribution < 1.29 is 14.3 Å². The third kappa shape index (κ3) is 2.45. The molecule has 28 heavy (non-hydrogen) atoms. The molecule has 0 N–H and O–H groups in total. The van der Waals surface area contributed by atoms with E-state index >= 15 is 0 Å². The average molecular weight is 496 g/mol. The summed E-state index contributed by atoms with van der Waals surface area (Å²) in [5, 5.41) is 0. The summed E-state index contributed by atoms with van der Waals surface area (Å²) in [6.07, 6.45) is 13.5. The van der Waals surface area contributed by atoms with E-state index < -0.39 is 0 Å². The Morgan fingerprint density at radius 3 is 2.64 bits per heavy atom. The largest absolute Gasteiger partial charge is 0.458 e. The lowest BCUT2D eigenvalue weighted by Gasteiger charge is -2.57. The maximum Gasteiger partial charge on any atom is 0.316 e. The van der Waals surface area contributed by atoms with Gasteiger partial charge < -0.3 is 4.74 Å². The number of hydrogen-bond donors (Lipinski definition) is 0. The summed E-state index contributed by atoms with van der Waals surface area (Å²) < 4.78 is 6.84. The standard InChI is InChI=1S/C24H33IO3/c1-3-24-9-8-18-17-7-5-16(26)12-15(17)4-6-19(18)20(24)13-23(10-11-23)22(24,2)28-21(27)14-25/h12,17-20H,3-11,13-14H2,1-2H3. The van der Waals surface area contributed by atoms with Crippen LogP contribution in [0.5, 0.6) is 0 Å². The Balaban J connectivity index is 1.51. The first-order valence-corrected chi connectivity index (χ1v) is 12.9. The molecule has 6 unspecified atom stereocenters. The molecule has 4 heteroatoms. The van der Waals surface area contributed by atoms with Crippen molar-refractivity contribution in [3.05, 3.63) is 11.6 Å². The molecule has 0 aromatic carbocycles. The van der Waals surface area contributed by atoms with E-state index in [1.54, 1.807) is 0 Å². The lowest BCUT2D eigenvalue weighted by atomic mass is 9.49. The van der Waals surface area contributed by atoms with Crippen LogP contribution in [0.2, 0.25) is 0 Å². The molecule has 0 aliphatic heterocycles. The number of esters is 1. The smallest absolute Gasteiger partial charge is 0.316 e. The van der Waals surface area contributed by atoms with E-state index in [-0.39, 0.29) is 22.4 Å². The zero-order valence-corrected chi connectivity index (χ0v) is 19.4. The topological polar surface area (TPSA) is 43.4 Å². The van der Waals surface area contributed by atoms with Gasteiger partial charge in [-0.05, 0) is 94.5 Å². The molecular weight excluding hydrogens is 463 g/mol. The monoisotopic (exact) mass is 496 g/mol. The maximum absolute atomic E-state index is 12.5. The molecule has 0 heterocycles. The first kappa shape index (κ1) is 19.6. The van der Waals surface area contributed by atoms with Gasteiger partial charge in [-0.2, -0.15) is 0 Å². The highest BCUT2D eigenvalue weighted by Crippen LogP contribution is 2.78. The summed E-state index contributed by atoms with van der Waals surface area (Å²) in [5.41, 5.74) is 1.56. The zero-order chi connectivity index (χ0) is 19.7.